The molecule has 0 fully saturated rings. The lowest BCUT2D eigenvalue weighted by atomic mass is 10.2. The van der Waals surface area contributed by atoms with Crippen LogP contribution in [0.4, 0.5) is 0 Å². The van der Waals surface area contributed by atoms with Gasteiger partial charge in [0.2, 0.25) is 0 Å². The molecule has 0 saturated carbocycles. The highest BCUT2D eigenvalue weighted by Crippen LogP contribution is 2.35. The third-order valence-corrected chi connectivity index (χ3v) is 3.72. The summed E-state index contributed by atoms with van der Waals surface area (Å²) in [7, 11) is 1.56. The van der Waals surface area contributed by atoms with E-state index in [0.29, 0.717) is 34.7 Å². The van der Waals surface area contributed by atoms with Gasteiger partial charge >= 0.3 is 0 Å². The van der Waals surface area contributed by atoms with Crippen LogP contribution in [0.1, 0.15) is 18.1 Å². The Morgan fingerprint density at radius 2 is 1.96 bits per heavy atom. The van der Waals surface area contributed by atoms with Gasteiger partial charge in [-0.25, -0.2) is 0 Å². The second kappa shape index (κ2) is 8.65. The van der Waals surface area contributed by atoms with Crippen LogP contribution in [0.25, 0.3) is 0 Å². The summed E-state index contributed by atoms with van der Waals surface area (Å²) in [5, 5.41) is 5.37. The Kier molecular flexibility index (Phi) is 6.56. The normalized spacial score (nSPS) is 10.8. The molecule has 0 aliphatic carbocycles. The van der Waals surface area contributed by atoms with E-state index in [1.54, 1.807) is 19.4 Å². The second-order valence-corrected chi connectivity index (χ2v) is 5.47. The van der Waals surface area contributed by atoms with Crippen molar-refractivity contribution in [2.75, 3.05) is 13.7 Å². The molecular weight excluding hydrogens is 335 g/mol. The predicted octanol–water partition coefficient (Wildman–Crippen LogP) is 4.52. The molecule has 0 spiro atoms. The summed E-state index contributed by atoms with van der Waals surface area (Å²) in [5.41, 5.74) is 4.75. The van der Waals surface area contributed by atoms with Crippen LogP contribution in [-0.2, 0) is 6.54 Å². The number of halogens is 2. The SMILES string of the molecule is CCOc1cc(/C=N\NCc2ccccc2Cl)cc(Cl)c1OC. The standard InChI is InChI=1S/C17H18Cl2N2O2/c1-3-23-16-9-12(8-15(19)17(16)22-2)10-20-21-11-13-6-4-5-7-14(13)18/h4-10,21H,3,11H2,1-2H3/b20-10-. The molecule has 4 nitrogen and oxygen atoms in total. The topological polar surface area (TPSA) is 42.8 Å². The van der Waals surface area contributed by atoms with Crippen LogP contribution in [0.3, 0.4) is 0 Å². The highest BCUT2D eigenvalue weighted by molar-refractivity contribution is 6.32. The fraction of sp³-hybridized carbons (Fsp3) is 0.235. The molecule has 0 atom stereocenters. The minimum absolute atomic E-state index is 0.478. The van der Waals surface area contributed by atoms with Crippen molar-refractivity contribution in [2.45, 2.75) is 13.5 Å². The number of nitrogens with one attached hydrogen (secondary N) is 1. The van der Waals surface area contributed by atoms with Gasteiger partial charge in [0.15, 0.2) is 11.5 Å². The maximum atomic E-state index is 6.20. The molecule has 0 heterocycles. The smallest absolute Gasteiger partial charge is 0.179 e. The van der Waals surface area contributed by atoms with Crippen molar-refractivity contribution in [1.29, 1.82) is 0 Å². The van der Waals surface area contributed by atoms with Gasteiger partial charge < -0.3 is 14.9 Å². The lowest BCUT2D eigenvalue weighted by Crippen LogP contribution is -2.06. The predicted molar refractivity (Wildman–Crippen MR) is 95.1 cm³/mol. The van der Waals surface area contributed by atoms with Crippen LogP contribution >= 0.6 is 23.2 Å². The van der Waals surface area contributed by atoms with E-state index in [-0.39, 0.29) is 0 Å². The molecule has 0 amide bonds. The molecule has 6 heteroatoms. The molecule has 2 aromatic carbocycles. The van der Waals surface area contributed by atoms with Crippen LogP contribution in [0, 0.1) is 0 Å². The summed E-state index contributed by atoms with van der Waals surface area (Å²) in [6.45, 7) is 2.97. The fourth-order valence-corrected chi connectivity index (χ4v) is 2.52. The van der Waals surface area contributed by atoms with Crippen molar-refractivity contribution in [3.63, 3.8) is 0 Å². The third kappa shape index (κ3) is 4.78. The number of hydrogen-bond donors (Lipinski definition) is 1. The molecule has 0 radical (unpaired) electrons. The van der Waals surface area contributed by atoms with Gasteiger partial charge in [0.1, 0.15) is 0 Å². The number of hydrogen-bond acceptors (Lipinski definition) is 4. The monoisotopic (exact) mass is 352 g/mol. The Morgan fingerprint density at radius 1 is 1.17 bits per heavy atom. The van der Waals surface area contributed by atoms with Crippen molar-refractivity contribution in [3.8, 4) is 11.5 Å². The van der Waals surface area contributed by atoms with E-state index in [1.807, 2.05) is 37.3 Å². The first-order chi connectivity index (χ1) is 11.2. The quantitative estimate of drug-likeness (QED) is 0.588. The van der Waals surface area contributed by atoms with Crippen molar-refractivity contribution in [2.24, 2.45) is 5.10 Å². The Hall–Kier alpha value is -1.91. The van der Waals surface area contributed by atoms with Crippen LogP contribution in [0.15, 0.2) is 41.5 Å². The summed E-state index contributed by atoms with van der Waals surface area (Å²) in [6, 6.07) is 11.2. The number of methoxy groups -OCH3 is 1. The Bertz CT molecular complexity index is 690. The maximum Gasteiger partial charge on any atom is 0.179 e. The van der Waals surface area contributed by atoms with Gasteiger partial charge in [-0.1, -0.05) is 41.4 Å². The molecule has 0 aromatic heterocycles. The van der Waals surface area contributed by atoms with Crippen molar-refractivity contribution >= 4 is 29.4 Å². The zero-order valence-corrected chi connectivity index (χ0v) is 14.5. The highest BCUT2D eigenvalue weighted by Gasteiger charge is 2.10. The van der Waals surface area contributed by atoms with Gasteiger partial charge in [0, 0.05) is 5.02 Å². The molecule has 0 aliphatic rings. The van der Waals surface area contributed by atoms with E-state index in [1.165, 1.54) is 0 Å². The minimum atomic E-state index is 0.478. The molecule has 0 unspecified atom stereocenters. The van der Waals surface area contributed by atoms with Crippen LogP contribution in [0.5, 0.6) is 11.5 Å². The Labute approximate surface area is 146 Å². The number of nitrogens with zero attached hydrogens (tertiary/aromatic N) is 1. The van der Waals surface area contributed by atoms with Gasteiger partial charge in [0.05, 0.1) is 31.5 Å². The van der Waals surface area contributed by atoms with E-state index >= 15 is 0 Å². The lowest BCUT2D eigenvalue weighted by Gasteiger charge is -2.11. The van der Waals surface area contributed by atoms with Crippen molar-refractivity contribution in [3.05, 3.63) is 57.6 Å². The Morgan fingerprint density at radius 3 is 2.65 bits per heavy atom. The summed E-state index contributed by atoms with van der Waals surface area (Å²) in [4.78, 5) is 0. The number of ether oxygens (including phenoxy) is 2. The van der Waals surface area contributed by atoms with Gasteiger partial charge in [-0.05, 0) is 36.2 Å². The first-order valence-corrected chi connectivity index (χ1v) is 7.91. The average molecular weight is 353 g/mol. The summed E-state index contributed by atoms with van der Waals surface area (Å²) in [5.74, 6) is 1.12. The van der Waals surface area contributed by atoms with Crippen LogP contribution < -0.4 is 14.9 Å². The van der Waals surface area contributed by atoms with Crippen LogP contribution in [-0.4, -0.2) is 19.9 Å². The van der Waals surface area contributed by atoms with Crippen LogP contribution in [0.2, 0.25) is 10.0 Å². The zero-order chi connectivity index (χ0) is 16.7. The van der Waals surface area contributed by atoms with Crippen molar-refractivity contribution < 1.29 is 9.47 Å². The minimum Gasteiger partial charge on any atom is -0.491 e. The Balaban J connectivity index is 2.06. The maximum absolute atomic E-state index is 6.20. The number of hydrazone groups is 1. The van der Waals surface area contributed by atoms with Gasteiger partial charge in [-0.3, -0.25) is 0 Å². The second-order valence-electron chi connectivity index (χ2n) is 4.65. The lowest BCUT2D eigenvalue weighted by molar-refractivity contribution is 0.311. The zero-order valence-electron chi connectivity index (χ0n) is 13.0. The van der Waals surface area contributed by atoms with E-state index in [0.717, 1.165) is 11.1 Å². The largest absolute Gasteiger partial charge is 0.491 e. The van der Waals surface area contributed by atoms with E-state index in [2.05, 4.69) is 10.5 Å². The van der Waals surface area contributed by atoms with Crippen molar-refractivity contribution in [1.82, 2.24) is 5.43 Å². The molecule has 0 bridgehead atoms. The fourth-order valence-electron chi connectivity index (χ4n) is 2.02. The first-order valence-electron chi connectivity index (χ1n) is 7.15. The molecule has 2 rings (SSSR count). The van der Waals surface area contributed by atoms with E-state index in [4.69, 9.17) is 32.7 Å². The molecule has 0 aliphatic heterocycles. The first kappa shape index (κ1) is 17.4. The number of benzene rings is 2. The molecule has 1 N–H and O–H groups in total. The third-order valence-electron chi connectivity index (χ3n) is 3.07. The average Bonchev–Trinajstić information content (AvgIpc) is 2.53. The summed E-state index contributed by atoms with van der Waals surface area (Å²) >= 11 is 12.3. The van der Waals surface area contributed by atoms with Gasteiger partial charge in [0.25, 0.3) is 0 Å². The molecule has 2 aromatic rings. The van der Waals surface area contributed by atoms with Gasteiger partial charge in [-0.15, -0.1) is 0 Å². The molecule has 0 saturated heterocycles. The molecule has 23 heavy (non-hydrogen) atoms. The molecular formula is C17H18Cl2N2O2. The van der Waals surface area contributed by atoms with E-state index in [9.17, 15) is 0 Å². The summed E-state index contributed by atoms with van der Waals surface area (Å²) in [6.07, 6.45) is 1.67. The number of rotatable bonds is 7. The van der Waals surface area contributed by atoms with E-state index < -0.39 is 0 Å². The van der Waals surface area contributed by atoms with Gasteiger partial charge in [-0.2, -0.15) is 5.10 Å². The summed E-state index contributed by atoms with van der Waals surface area (Å²) < 4.78 is 10.8. The molecule has 122 valence electrons. The highest BCUT2D eigenvalue weighted by atomic mass is 35.5.